The first-order valence-corrected chi connectivity index (χ1v) is 4.51. The smallest absolute Gasteiger partial charge is 0.211 e. The number of carbonyl (C=O) groups excluding carboxylic acids is 1. The molecule has 0 heterocycles. The van der Waals surface area contributed by atoms with E-state index in [0.29, 0.717) is 15.4 Å². The van der Waals surface area contributed by atoms with E-state index < -0.39 is 0 Å². The first kappa shape index (κ1) is 7.89. The highest BCUT2D eigenvalue weighted by atomic mass is 35.6. The van der Waals surface area contributed by atoms with Gasteiger partial charge in [0, 0.05) is 0 Å². The lowest BCUT2D eigenvalue weighted by atomic mass is 10.5. The van der Waals surface area contributed by atoms with Gasteiger partial charge < -0.3 is 0 Å². The van der Waals surface area contributed by atoms with Gasteiger partial charge in [-0.25, -0.2) is 9.79 Å². The molecule has 0 N–H and O–H groups in total. The minimum Gasteiger partial charge on any atom is -0.211 e. The van der Waals surface area contributed by atoms with Crippen LogP contribution in [0.3, 0.4) is 0 Å². The molecule has 8 heavy (non-hydrogen) atoms. The first-order valence-electron chi connectivity index (χ1n) is 2.29. The summed E-state index contributed by atoms with van der Waals surface area (Å²) in [4.78, 5) is 12.8. The van der Waals surface area contributed by atoms with Gasteiger partial charge in [0.15, 0.2) is 8.83 Å². The number of hydrogen-bond donors (Lipinski definition) is 0. The van der Waals surface area contributed by atoms with Gasteiger partial charge in [-0.1, -0.05) is 0 Å². The maximum atomic E-state index is 9.45. The van der Waals surface area contributed by atoms with E-state index in [1.807, 2.05) is 0 Å². The van der Waals surface area contributed by atoms with Gasteiger partial charge in [0.25, 0.3) is 0 Å². The van der Waals surface area contributed by atoms with Crippen LogP contribution in [0.15, 0.2) is 4.99 Å². The van der Waals surface area contributed by atoms with Crippen LogP contribution in [0.1, 0.15) is 6.42 Å². The zero-order chi connectivity index (χ0) is 6.24. The summed E-state index contributed by atoms with van der Waals surface area (Å²) in [5.74, 6) is 0. The van der Waals surface area contributed by atoms with Crippen molar-refractivity contribution in [3.63, 3.8) is 0 Å². The lowest BCUT2D eigenvalue weighted by Crippen LogP contribution is -1.81. The van der Waals surface area contributed by atoms with Crippen molar-refractivity contribution in [2.45, 2.75) is 12.5 Å². The number of isocyanates is 1. The summed E-state index contributed by atoms with van der Waals surface area (Å²) >= 11 is 5.37. The van der Waals surface area contributed by atoms with Crippen molar-refractivity contribution >= 4 is 26.0 Å². The molecule has 0 amide bonds. The van der Waals surface area contributed by atoms with E-state index in [4.69, 9.17) is 11.1 Å². The Hall–Kier alpha value is -0.113. The molecule has 0 aromatic heterocycles. The normalized spacial score (nSPS) is 8.12. The molecule has 0 aliphatic rings. The summed E-state index contributed by atoms with van der Waals surface area (Å²) in [5.41, 5.74) is 0. The molecule has 0 aromatic rings. The summed E-state index contributed by atoms with van der Waals surface area (Å²) in [6.45, 7) is 0.573. The van der Waals surface area contributed by atoms with Crippen LogP contribution < -0.4 is 0 Å². The Morgan fingerprint density at radius 3 is 3.00 bits per heavy atom. The molecule has 0 aliphatic heterocycles. The Kier molecular flexibility index (Phi) is 6.79. The predicted octanol–water partition coefficient (Wildman–Crippen LogP) is 0.989. The summed E-state index contributed by atoms with van der Waals surface area (Å²) in [5, 5.41) is 0. The molecule has 0 atom stereocenters. The summed E-state index contributed by atoms with van der Waals surface area (Å²) in [7, 11) is 0.451. The predicted molar refractivity (Wildman–Crippen MR) is 34.0 cm³/mol. The van der Waals surface area contributed by atoms with Crippen molar-refractivity contribution in [1.82, 2.24) is 0 Å². The van der Waals surface area contributed by atoms with Crippen molar-refractivity contribution in [2.75, 3.05) is 6.54 Å². The van der Waals surface area contributed by atoms with Crippen molar-refractivity contribution in [3.8, 4) is 0 Å². The molecule has 2 radical (unpaired) electrons. The zero-order valence-electron chi connectivity index (χ0n) is 4.35. The van der Waals surface area contributed by atoms with Crippen LogP contribution >= 0.6 is 11.1 Å². The van der Waals surface area contributed by atoms with E-state index in [2.05, 4.69) is 4.99 Å². The van der Waals surface area contributed by atoms with Gasteiger partial charge in [-0.05, 0) is 12.5 Å². The van der Waals surface area contributed by atoms with Crippen LogP contribution in [0, 0.1) is 0 Å². The Labute approximate surface area is 55.5 Å². The Bertz CT molecular complexity index is 92.0. The molecule has 0 saturated carbocycles. The average Bonchev–Trinajstić information content (AvgIpc) is 1.81. The minimum atomic E-state index is 0.451. The second kappa shape index (κ2) is 6.89. The monoisotopic (exact) mass is 147 g/mol. The first-order chi connectivity index (χ1) is 3.91. The Morgan fingerprint density at radius 1 is 1.75 bits per heavy atom. The number of nitrogens with zero attached hydrogens (tertiary/aromatic N) is 1. The Morgan fingerprint density at radius 2 is 2.50 bits per heavy atom. The van der Waals surface area contributed by atoms with E-state index in [9.17, 15) is 4.79 Å². The third-order valence-corrected chi connectivity index (χ3v) is 1.72. The Balaban J connectivity index is 2.82. The molecular weight excluding hydrogens is 142 g/mol. The quantitative estimate of drug-likeness (QED) is 0.192. The van der Waals surface area contributed by atoms with Gasteiger partial charge in [-0.3, -0.25) is 0 Å². The molecule has 0 aliphatic carbocycles. The second-order valence-corrected chi connectivity index (χ2v) is 2.78. The lowest BCUT2D eigenvalue weighted by Gasteiger charge is -1.83. The van der Waals surface area contributed by atoms with Crippen LogP contribution in [0.25, 0.3) is 0 Å². The molecule has 0 spiro atoms. The van der Waals surface area contributed by atoms with Crippen LogP contribution in [-0.4, -0.2) is 21.5 Å². The molecule has 0 aromatic carbocycles. The highest BCUT2D eigenvalue weighted by molar-refractivity contribution is 6.93. The highest BCUT2D eigenvalue weighted by Crippen LogP contribution is 1.89. The largest absolute Gasteiger partial charge is 0.234 e. The van der Waals surface area contributed by atoms with E-state index in [1.165, 1.54) is 6.08 Å². The average molecular weight is 148 g/mol. The molecule has 2 nitrogen and oxygen atoms in total. The fourth-order valence-corrected chi connectivity index (χ4v) is 0.963. The number of hydrogen-bond acceptors (Lipinski definition) is 2. The van der Waals surface area contributed by atoms with Crippen LogP contribution in [0.2, 0.25) is 6.04 Å². The SMILES string of the molecule is O=C=NCCC[Si]Cl. The van der Waals surface area contributed by atoms with Crippen molar-refractivity contribution < 1.29 is 4.79 Å². The molecule has 0 rings (SSSR count). The van der Waals surface area contributed by atoms with Crippen LogP contribution in [0.4, 0.5) is 0 Å². The summed E-state index contributed by atoms with van der Waals surface area (Å²) in [6.07, 6.45) is 2.36. The van der Waals surface area contributed by atoms with Gasteiger partial charge in [0.1, 0.15) is 0 Å². The van der Waals surface area contributed by atoms with Gasteiger partial charge in [0.2, 0.25) is 6.08 Å². The van der Waals surface area contributed by atoms with E-state index in [1.54, 1.807) is 0 Å². The lowest BCUT2D eigenvalue weighted by molar-refractivity contribution is 0.562. The van der Waals surface area contributed by atoms with Gasteiger partial charge in [-0.15, -0.1) is 0 Å². The molecule has 0 saturated heterocycles. The number of aliphatic imine (C=N–C) groups is 1. The van der Waals surface area contributed by atoms with Crippen molar-refractivity contribution in [2.24, 2.45) is 4.99 Å². The third-order valence-electron chi connectivity index (χ3n) is 0.606. The minimum absolute atomic E-state index is 0.451. The maximum absolute atomic E-state index is 9.45. The fourth-order valence-electron chi connectivity index (χ4n) is 0.271. The fraction of sp³-hybridized carbons (Fsp3) is 0.750. The second-order valence-electron chi connectivity index (χ2n) is 1.21. The number of halogens is 1. The van der Waals surface area contributed by atoms with Gasteiger partial charge >= 0.3 is 0 Å². The molecule has 0 fully saturated rings. The van der Waals surface area contributed by atoms with Crippen LogP contribution in [0.5, 0.6) is 0 Å². The standard InChI is InChI=1S/C4H6ClNOSi/c5-8-3-1-2-6-4-7/h1-3H2. The van der Waals surface area contributed by atoms with Crippen LogP contribution in [-0.2, 0) is 4.79 Å². The zero-order valence-corrected chi connectivity index (χ0v) is 6.11. The topological polar surface area (TPSA) is 29.4 Å². The molecule has 0 bridgehead atoms. The van der Waals surface area contributed by atoms with Crippen molar-refractivity contribution in [3.05, 3.63) is 0 Å². The summed E-state index contributed by atoms with van der Waals surface area (Å²) in [6, 6.07) is 0.951. The van der Waals surface area contributed by atoms with E-state index >= 15 is 0 Å². The summed E-state index contributed by atoms with van der Waals surface area (Å²) < 4.78 is 0. The molecule has 4 heteroatoms. The van der Waals surface area contributed by atoms with Gasteiger partial charge in [-0.2, -0.15) is 11.1 Å². The number of rotatable bonds is 4. The maximum Gasteiger partial charge on any atom is 0.234 e. The third kappa shape index (κ3) is 5.89. The molecule has 44 valence electrons. The van der Waals surface area contributed by atoms with E-state index in [0.717, 1.165) is 12.5 Å². The molecular formula is C4H6ClNOSi. The van der Waals surface area contributed by atoms with E-state index in [-0.39, 0.29) is 0 Å². The molecule has 0 unspecified atom stereocenters. The van der Waals surface area contributed by atoms with Crippen molar-refractivity contribution in [1.29, 1.82) is 0 Å². The van der Waals surface area contributed by atoms with Gasteiger partial charge in [0.05, 0.1) is 6.54 Å². The highest BCUT2D eigenvalue weighted by Gasteiger charge is 1.83.